The second-order valence-corrected chi connectivity index (χ2v) is 17.4. The second-order valence-electron chi connectivity index (χ2n) is 17.4. The van der Waals surface area contributed by atoms with Gasteiger partial charge in [0.15, 0.2) is 0 Å². The molecule has 396 valence electrons. The molecular weight excluding hydrogens is 929 g/mol. The predicted molar refractivity (Wildman–Crippen MR) is 247 cm³/mol. The van der Waals surface area contributed by atoms with E-state index in [0.717, 1.165) is 61.5 Å². The summed E-state index contributed by atoms with van der Waals surface area (Å²) < 4.78 is 0. The van der Waals surface area contributed by atoms with Crippen molar-refractivity contribution in [2.45, 2.75) is 63.8 Å². The van der Waals surface area contributed by atoms with E-state index in [9.17, 15) is 78.6 Å². The molecule has 1 saturated carbocycles. The maximum absolute atomic E-state index is 13.6. The number of rotatable bonds is 16. The maximum atomic E-state index is 13.6. The fourth-order valence-corrected chi connectivity index (χ4v) is 8.17. The van der Waals surface area contributed by atoms with E-state index in [4.69, 9.17) is 0 Å². The standard InChI is InChI=1S/C42H72N12O16/c55-33(29-46-13-17-48(37(59)60)21-25-52(41(67)68)26-22-49(18-14-46)38(61)62)43-10-6-2-5-9-36(58)54(31-35(57)45-32-7-3-1-4-8-32)12-11-44-34(56)30-47-15-19-50(39(63)64)23-27-53(42(69)70)28-24-51(20-16-47)40(65)66/h32H,1-31H2,(H,43,55)(H,44,56)(H,45,57)(H,59,60)(H,61,62)(H,63,64)(H,65,66)(H,67,68)(H,69,70). The zero-order valence-electron chi connectivity index (χ0n) is 39.8. The topological polar surface area (TPSA) is 357 Å². The van der Waals surface area contributed by atoms with Gasteiger partial charge in [-0.3, -0.25) is 29.0 Å². The number of carbonyl (C=O) groups is 10. The lowest BCUT2D eigenvalue weighted by molar-refractivity contribution is -0.136. The van der Waals surface area contributed by atoms with Crippen LogP contribution in [0, 0.1) is 0 Å². The Morgan fingerprint density at radius 2 is 0.757 bits per heavy atom. The van der Waals surface area contributed by atoms with Crippen LogP contribution in [0.4, 0.5) is 28.8 Å². The largest absolute Gasteiger partial charge is 0.465 e. The Balaban J connectivity index is 1.53. The van der Waals surface area contributed by atoms with E-state index in [2.05, 4.69) is 16.0 Å². The van der Waals surface area contributed by atoms with Crippen LogP contribution in [0.1, 0.15) is 57.8 Å². The van der Waals surface area contributed by atoms with Crippen LogP contribution in [-0.4, -0.2) is 285 Å². The highest BCUT2D eigenvalue weighted by atomic mass is 16.4. The normalized spacial score (nSPS) is 17.9. The molecule has 70 heavy (non-hydrogen) atoms. The lowest BCUT2D eigenvalue weighted by Gasteiger charge is -2.31. The van der Waals surface area contributed by atoms with Gasteiger partial charge < -0.3 is 80.9 Å². The summed E-state index contributed by atoms with van der Waals surface area (Å²) in [5, 5.41) is 66.4. The molecule has 9 N–H and O–H groups in total. The van der Waals surface area contributed by atoms with Gasteiger partial charge in [-0.05, 0) is 25.7 Å². The molecule has 2 aliphatic heterocycles. The average Bonchev–Trinajstić information content (AvgIpc) is 3.28. The van der Waals surface area contributed by atoms with Crippen molar-refractivity contribution in [2.24, 2.45) is 0 Å². The SMILES string of the molecule is O=C(CN1CCN(C(=O)O)CCN(C(=O)O)CCN(C(=O)O)CC1)NCCCCCC(=O)N(CCNC(=O)CN1CCN(C(=O)O)CCN(C(=O)O)CCN(C(=O)O)CC1)CC(=O)NC1CCCCC1. The summed E-state index contributed by atoms with van der Waals surface area (Å²) in [6.07, 6.45) is -1.53. The quantitative estimate of drug-likeness (QED) is 0.0886. The van der Waals surface area contributed by atoms with Crippen LogP contribution in [0.2, 0.25) is 0 Å². The molecule has 0 atom stereocenters. The van der Waals surface area contributed by atoms with Crippen molar-refractivity contribution in [1.82, 2.24) is 60.0 Å². The zero-order chi connectivity index (χ0) is 51.6. The number of carboxylic acid groups (broad SMARTS) is 6. The third-order valence-corrected chi connectivity index (χ3v) is 12.4. The lowest BCUT2D eigenvalue weighted by Crippen LogP contribution is -2.50. The highest BCUT2D eigenvalue weighted by molar-refractivity contribution is 5.85. The number of hydrogen-bond donors (Lipinski definition) is 9. The van der Waals surface area contributed by atoms with Gasteiger partial charge in [-0.15, -0.1) is 0 Å². The Morgan fingerprint density at radius 3 is 1.11 bits per heavy atom. The van der Waals surface area contributed by atoms with Gasteiger partial charge in [-0.1, -0.05) is 25.7 Å². The molecule has 0 unspecified atom stereocenters. The van der Waals surface area contributed by atoms with Crippen molar-refractivity contribution in [2.75, 3.05) is 144 Å². The first-order valence-electron chi connectivity index (χ1n) is 23.7. The van der Waals surface area contributed by atoms with Crippen molar-refractivity contribution < 1.29 is 78.6 Å². The molecule has 3 rings (SSSR count). The number of unbranched alkanes of at least 4 members (excludes halogenated alkanes) is 2. The van der Waals surface area contributed by atoms with Crippen molar-refractivity contribution in [3.8, 4) is 0 Å². The first kappa shape index (κ1) is 57.7. The number of hydrogen-bond acceptors (Lipinski definition) is 12. The second kappa shape index (κ2) is 30.8. The molecule has 0 radical (unpaired) electrons. The summed E-state index contributed by atoms with van der Waals surface area (Å²) in [7, 11) is 0. The van der Waals surface area contributed by atoms with Crippen LogP contribution in [0.25, 0.3) is 0 Å². The van der Waals surface area contributed by atoms with Gasteiger partial charge in [0.25, 0.3) is 0 Å². The van der Waals surface area contributed by atoms with Crippen molar-refractivity contribution in [3.05, 3.63) is 0 Å². The summed E-state index contributed by atoms with van der Waals surface area (Å²) in [6.45, 7) is -1.78. The molecule has 0 aromatic heterocycles. The highest BCUT2D eigenvalue weighted by Gasteiger charge is 2.26. The summed E-state index contributed by atoms with van der Waals surface area (Å²) in [5.74, 6) is -1.54. The molecule has 0 aromatic carbocycles. The van der Waals surface area contributed by atoms with E-state index in [1.54, 1.807) is 9.80 Å². The minimum atomic E-state index is -1.31. The van der Waals surface area contributed by atoms with E-state index >= 15 is 0 Å². The highest BCUT2D eigenvalue weighted by Crippen LogP contribution is 2.17. The zero-order valence-corrected chi connectivity index (χ0v) is 39.8. The first-order valence-corrected chi connectivity index (χ1v) is 23.7. The Kier molecular flexibility index (Phi) is 25.4. The minimum absolute atomic E-state index is 0.00354. The van der Waals surface area contributed by atoms with Gasteiger partial charge in [0.1, 0.15) is 0 Å². The van der Waals surface area contributed by atoms with Gasteiger partial charge in [0.2, 0.25) is 23.6 Å². The molecule has 1 aliphatic carbocycles. The number of nitrogens with one attached hydrogen (secondary N) is 3. The van der Waals surface area contributed by atoms with Crippen LogP contribution in [0.15, 0.2) is 0 Å². The van der Waals surface area contributed by atoms with E-state index in [1.165, 1.54) is 4.90 Å². The fourth-order valence-electron chi connectivity index (χ4n) is 8.17. The van der Waals surface area contributed by atoms with E-state index in [-0.39, 0.29) is 174 Å². The van der Waals surface area contributed by atoms with Gasteiger partial charge in [0.05, 0.1) is 19.6 Å². The van der Waals surface area contributed by atoms with E-state index in [1.807, 2.05) is 0 Å². The Hall–Kier alpha value is -6.58. The van der Waals surface area contributed by atoms with Gasteiger partial charge in [-0.2, -0.15) is 0 Å². The van der Waals surface area contributed by atoms with Crippen LogP contribution in [-0.2, 0) is 19.2 Å². The molecule has 3 fully saturated rings. The fraction of sp³-hybridized carbons (Fsp3) is 0.762. The first-order chi connectivity index (χ1) is 33.3. The Morgan fingerprint density at radius 1 is 0.414 bits per heavy atom. The Labute approximate surface area is 406 Å². The number of nitrogens with zero attached hydrogens (tertiary/aromatic N) is 9. The van der Waals surface area contributed by atoms with Gasteiger partial charge >= 0.3 is 36.6 Å². The molecule has 28 heteroatoms. The molecule has 0 bridgehead atoms. The van der Waals surface area contributed by atoms with Crippen molar-refractivity contribution >= 4 is 60.2 Å². The summed E-state index contributed by atoms with van der Waals surface area (Å²) in [5.41, 5.74) is 0. The van der Waals surface area contributed by atoms with Crippen molar-refractivity contribution in [1.29, 1.82) is 0 Å². The average molecular weight is 1000 g/mol. The van der Waals surface area contributed by atoms with Crippen LogP contribution >= 0.6 is 0 Å². The molecule has 0 aromatic rings. The van der Waals surface area contributed by atoms with Crippen LogP contribution < -0.4 is 16.0 Å². The monoisotopic (exact) mass is 1000 g/mol. The van der Waals surface area contributed by atoms with Crippen molar-refractivity contribution in [3.63, 3.8) is 0 Å². The van der Waals surface area contributed by atoms with E-state index in [0.29, 0.717) is 19.3 Å². The minimum Gasteiger partial charge on any atom is -0.465 e. The number of amides is 10. The molecule has 2 heterocycles. The molecule has 3 aliphatic rings. The lowest BCUT2D eigenvalue weighted by atomic mass is 9.95. The third-order valence-electron chi connectivity index (χ3n) is 12.4. The number of carbonyl (C=O) groups excluding carboxylic acids is 4. The maximum Gasteiger partial charge on any atom is 0.407 e. The molecule has 0 spiro atoms. The molecular formula is C42H72N12O16. The smallest absolute Gasteiger partial charge is 0.407 e. The van der Waals surface area contributed by atoms with Crippen LogP contribution in [0.3, 0.4) is 0 Å². The molecule has 10 amide bonds. The van der Waals surface area contributed by atoms with Gasteiger partial charge in [-0.25, -0.2) is 28.8 Å². The summed E-state index contributed by atoms with van der Waals surface area (Å²) in [4.78, 5) is 134. The molecule has 2 saturated heterocycles. The van der Waals surface area contributed by atoms with E-state index < -0.39 is 42.5 Å². The van der Waals surface area contributed by atoms with Gasteiger partial charge in [0, 0.05) is 137 Å². The predicted octanol–water partition coefficient (Wildman–Crippen LogP) is -0.432. The summed E-state index contributed by atoms with van der Waals surface area (Å²) in [6, 6.07) is -0.00354. The molecule has 28 nitrogen and oxygen atoms in total. The van der Waals surface area contributed by atoms with Crippen LogP contribution in [0.5, 0.6) is 0 Å². The third kappa shape index (κ3) is 22.2. The Bertz CT molecular complexity index is 1710. The summed E-state index contributed by atoms with van der Waals surface area (Å²) >= 11 is 0.